The van der Waals surface area contributed by atoms with E-state index in [9.17, 15) is 9.59 Å². The van der Waals surface area contributed by atoms with Crippen molar-refractivity contribution in [2.45, 2.75) is 12.1 Å². The number of carbonyl (C=O) groups excluding carboxylic acids is 1. The van der Waals surface area contributed by atoms with Gasteiger partial charge in [0.2, 0.25) is 0 Å². The van der Waals surface area contributed by atoms with Gasteiger partial charge in [0.25, 0.3) is 5.56 Å². The maximum Gasteiger partial charge on any atom is 0.251 e. The molecule has 0 aliphatic rings. The first-order chi connectivity index (χ1) is 12.6. The van der Waals surface area contributed by atoms with Gasteiger partial charge in [-0.05, 0) is 31.2 Å². The maximum absolute atomic E-state index is 12.3. The molecular weight excluding hydrogens is 348 g/mol. The first-order valence-corrected chi connectivity index (χ1v) is 9.14. The minimum Gasteiger partial charge on any atom is -0.493 e. The van der Waals surface area contributed by atoms with Crippen LogP contribution in [-0.4, -0.2) is 28.1 Å². The Balaban J connectivity index is 1.51. The van der Waals surface area contributed by atoms with E-state index in [-0.39, 0.29) is 11.3 Å². The molecule has 2 aromatic carbocycles. The topological polar surface area (TPSA) is 72.1 Å². The van der Waals surface area contributed by atoms with Crippen LogP contribution < -0.4 is 10.3 Å². The molecule has 6 heteroatoms. The van der Waals surface area contributed by atoms with E-state index < -0.39 is 0 Å². The molecule has 0 atom stereocenters. The normalized spacial score (nSPS) is 10.5. The zero-order valence-electron chi connectivity index (χ0n) is 14.3. The molecule has 0 aliphatic heterocycles. The van der Waals surface area contributed by atoms with Crippen LogP contribution in [0.3, 0.4) is 0 Å². The van der Waals surface area contributed by atoms with Gasteiger partial charge in [-0.1, -0.05) is 42.1 Å². The van der Waals surface area contributed by atoms with Crippen molar-refractivity contribution in [2.24, 2.45) is 0 Å². The first kappa shape index (κ1) is 17.9. The van der Waals surface area contributed by atoms with Gasteiger partial charge in [-0.2, -0.15) is 0 Å². The summed E-state index contributed by atoms with van der Waals surface area (Å²) >= 11 is 1.43. The summed E-state index contributed by atoms with van der Waals surface area (Å²) in [7, 11) is 0. The van der Waals surface area contributed by atoms with E-state index >= 15 is 0 Å². The Labute approximate surface area is 155 Å². The Bertz CT molecular complexity index is 937. The Kier molecular flexibility index (Phi) is 5.86. The van der Waals surface area contributed by atoms with Crippen molar-refractivity contribution < 1.29 is 9.53 Å². The highest BCUT2D eigenvalue weighted by Gasteiger charge is 2.08. The number of hydrogen-bond acceptors (Lipinski definition) is 5. The monoisotopic (exact) mass is 366 g/mol. The van der Waals surface area contributed by atoms with Crippen molar-refractivity contribution >= 4 is 17.5 Å². The number of aromatic nitrogens is 2. The van der Waals surface area contributed by atoms with Gasteiger partial charge in [-0.15, -0.1) is 0 Å². The van der Waals surface area contributed by atoms with Crippen LogP contribution in [0.25, 0.3) is 0 Å². The van der Waals surface area contributed by atoms with E-state index in [0.29, 0.717) is 40.1 Å². The maximum atomic E-state index is 12.3. The summed E-state index contributed by atoms with van der Waals surface area (Å²) in [6.45, 7) is 2.25. The number of benzene rings is 2. The highest BCUT2D eigenvalue weighted by Crippen LogP contribution is 2.17. The number of aromatic amines is 1. The largest absolute Gasteiger partial charge is 0.493 e. The van der Waals surface area contributed by atoms with Crippen LogP contribution in [0.15, 0.2) is 70.6 Å². The Morgan fingerprint density at radius 1 is 1.08 bits per heavy atom. The Hall–Kier alpha value is -2.86. The number of nitrogens with one attached hydrogen (secondary N) is 1. The molecule has 1 heterocycles. The molecule has 26 heavy (non-hydrogen) atoms. The molecule has 1 aromatic heterocycles. The molecule has 5 nitrogen and oxygen atoms in total. The van der Waals surface area contributed by atoms with Gasteiger partial charge < -0.3 is 9.72 Å². The lowest BCUT2D eigenvalue weighted by Gasteiger charge is -2.07. The van der Waals surface area contributed by atoms with Crippen molar-refractivity contribution in [1.29, 1.82) is 0 Å². The highest BCUT2D eigenvalue weighted by molar-refractivity contribution is 7.99. The van der Waals surface area contributed by atoms with Crippen LogP contribution >= 0.6 is 11.8 Å². The minimum absolute atomic E-state index is 0.0119. The number of thioether (sulfide) groups is 1. The van der Waals surface area contributed by atoms with E-state index in [0.717, 1.165) is 0 Å². The fourth-order valence-electron chi connectivity index (χ4n) is 2.38. The van der Waals surface area contributed by atoms with E-state index in [1.807, 2.05) is 18.2 Å². The van der Waals surface area contributed by atoms with Crippen LogP contribution in [0, 0.1) is 6.92 Å². The van der Waals surface area contributed by atoms with E-state index in [4.69, 9.17) is 4.74 Å². The third-order valence-corrected chi connectivity index (χ3v) is 4.43. The SMILES string of the molecule is Cc1cc(=O)[nH]c(SCCOc2ccc(C(=O)c3ccccc3)cc2)n1. The van der Waals surface area contributed by atoms with Gasteiger partial charge in [-0.25, -0.2) is 4.98 Å². The molecule has 3 aromatic rings. The molecule has 0 amide bonds. The molecule has 0 fully saturated rings. The van der Waals surface area contributed by atoms with Crippen LogP contribution in [0.2, 0.25) is 0 Å². The van der Waals surface area contributed by atoms with E-state index in [1.165, 1.54) is 17.8 Å². The predicted molar refractivity (Wildman–Crippen MR) is 102 cm³/mol. The van der Waals surface area contributed by atoms with Gasteiger partial charge >= 0.3 is 0 Å². The third kappa shape index (κ3) is 4.83. The van der Waals surface area contributed by atoms with Crippen LogP contribution in [0.5, 0.6) is 5.75 Å². The van der Waals surface area contributed by atoms with E-state index in [2.05, 4.69) is 9.97 Å². The number of aryl methyl sites for hydroxylation is 1. The fourth-order valence-corrected chi connectivity index (χ4v) is 3.12. The van der Waals surface area contributed by atoms with Gasteiger partial charge in [0.05, 0.1) is 6.61 Å². The summed E-state index contributed by atoms with van der Waals surface area (Å²) in [4.78, 5) is 30.7. The van der Waals surface area contributed by atoms with Crippen molar-refractivity contribution in [2.75, 3.05) is 12.4 Å². The second kappa shape index (κ2) is 8.49. The van der Waals surface area contributed by atoms with Crippen LogP contribution in [0.1, 0.15) is 21.6 Å². The zero-order valence-corrected chi connectivity index (χ0v) is 15.1. The van der Waals surface area contributed by atoms with E-state index in [1.54, 1.807) is 43.3 Å². The molecule has 0 saturated heterocycles. The van der Waals surface area contributed by atoms with Gasteiger partial charge in [-0.3, -0.25) is 9.59 Å². The average molecular weight is 366 g/mol. The quantitative estimate of drug-likeness (QED) is 0.300. The molecule has 132 valence electrons. The predicted octanol–water partition coefficient (Wildman–Crippen LogP) is 3.48. The summed E-state index contributed by atoms with van der Waals surface area (Å²) in [6, 6.07) is 17.7. The molecule has 0 saturated carbocycles. The molecule has 3 rings (SSSR count). The van der Waals surface area contributed by atoms with Gasteiger partial charge in [0.1, 0.15) is 5.75 Å². The zero-order chi connectivity index (χ0) is 18.4. The summed E-state index contributed by atoms with van der Waals surface area (Å²) in [6.07, 6.45) is 0. The number of rotatable bonds is 7. The summed E-state index contributed by atoms with van der Waals surface area (Å²) in [5, 5.41) is 0.586. The number of hydrogen-bond donors (Lipinski definition) is 1. The van der Waals surface area contributed by atoms with Crippen molar-refractivity contribution in [3.05, 3.63) is 87.8 Å². The second-order valence-electron chi connectivity index (χ2n) is 5.61. The fraction of sp³-hybridized carbons (Fsp3) is 0.150. The van der Waals surface area contributed by atoms with Crippen molar-refractivity contribution in [3.63, 3.8) is 0 Å². The molecule has 0 spiro atoms. The lowest BCUT2D eigenvalue weighted by atomic mass is 10.0. The average Bonchev–Trinajstić information content (AvgIpc) is 2.65. The number of H-pyrrole nitrogens is 1. The van der Waals surface area contributed by atoms with Gasteiger partial charge in [0, 0.05) is 28.6 Å². The third-order valence-electron chi connectivity index (χ3n) is 3.59. The van der Waals surface area contributed by atoms with Crippen LogP contribution in [0.4, 0.5) is 0 Å². The molecule has 0 unspecified atom stereocenters. The van der Waals surface area contributed by atoms with Crippen molar-refractivity contribution in [1.82, 2.24) is 9.97 Å². The smallest absolute Gasteiger partial charge is 0.251 e. The second-order valence-corrected chi connectivity index (χ2v) is 6.69. The molecular formula is C20H18N2O3S. The standard InChI is InChI=1S/C20H18N2O3S/c1-14-13-18(23)22-20(21-14)26-12-11-25-17-9-7-16(8-10-17)19(24)15-5-3-2-4-6-15/h2-10,13H,11-12H2,1H3,(H,21,22,23). The lowest BCUT2D eigenvalue weighted by molar-refractivity contribution is 0.103. The van der Waals surface area contributed by atoms with Crippen LogP contribution in [-0.2, 0) is 0 Å². The number of ketones is 1. The lowest BCUT2D eigenvalue weighted by Crippen LogP contribution is -2.09. The summed E-state index contributed by atoms with van der Waals surface area (Å²) in [5.41, 5.74) is 1.83. The molecule has 1 N–H and O–H groups in total. The first-order valence-electron chi connectivity index (χ1n) is 8.15. The van der Waals surface area contributed by atoms with Crippen molar-refractivity contribution in [3.8, 4) is 5.75 Å². The highest BCUT2D eigenvalue weighted by atomic mass is 32.2. The molecule has 0 aliphatic carbocycles. The Morgan fingerprint density at radius 2 is 1.77 bits per heavy atom. The number of ether oxygens (including phenoxy) is 1. The minimum atomic E-state index is -0.153. The molecule has 0 bridgehead atoms. The summed E-state index contributed by atoms with van der Waals surface area (Å²) in [5.74, 6) is 1.33. The Morgan fingerprint density at radius 3 is 2.46 bits per heavy atom. The number of nitrogens with zero attached hydrogens (tertiary/aromatic N) is 1. The number of carbonyl (C=O) groups is 1. The molecule has 0 radical (unpaired) electrons. The summed E-state index contributed by atoms with van der Waals surface area (Å²) < 4.78 is 5.68. The van der Waals surface area contributed by atoms with Gasteiger partial charge in [0.15, 0.2) is 10.9 Å².